The summed E-state index contributed by atoms with van der Waals surface area (Å²) < 4.78 is 1.22. The highest BCUT2D eigenvalue weighted by molar-refractivity contribution is 7.99. The second kappa shape index (κ2) is 4.78. The third-order valence-electron chi connectivity index (χ3n) is 1.77. The van der Waals surface area contributed by atoms with E-state index in [1.807, 2.05) is 0 Å². The summed E-state index contributed by atoms with van der Waals surface area (Å²) in [5.41, 5.74) is -0.0353. The van der Waals surface area contributed by atoms with E-state index in [1.54, 1.807) is 0 Å². The maximum absolute atomic E-state index is 11.5. The molecule has 0 amide bonds. The van der Waals surface area contributed by atoms with Crippen LogP contribution in [-0.4, -0.2) is 41.6 Å². The van der Waals surface area contributed by atoms with E-state index >= 15 is 0 Å². The first-order valence-corrected chi connectivity index (χ1v) is 5.44. The maximum Gasteiger partial charge on any atom is 0.348 e. The number of nitrogens with one attached hydrogen (secondary N) is 1. The summed E-state index contributed by atoms with van der Waals surface area (Å²) in [6.07, 6.45) is 4.21. The molecule has 17 heavy (non-hydrogen) atoms. The predicted octanol–water partition coefficient (Wildman–Crippen LogP) is -0.473. The van der Waals surface area contributed by atoms with E-state index in [-0.39, 0.29) is 10.9 Å². The first-order valence-electron chi connectivity index (χ1n) is 4.46. The average Bonchev–Trinajstić information content (AvgIpc) is 2.69. The second-order valence-electron chi connectivity index (χ2n) is 2.93. The van der Waals surface area contributed by atoms with E-state index in [0.29, 0.717) is 5.69 Å². The van der Waals surface area contributed by atoms with Crippen LogP contribution in [0.2, 0.25) is 0 Å². The summed E-state index contributed by atoms with van der Waals surface area (Å²) in [6.45, 7) is 0. The van der Waals surface area contributed by atoms with Crippen molar-refractivity contribution in [3.8, 4) is 5.69 Å². The number of carboxylic acid groups (broad SMARTS) is 1. The zero-order chi connectivity index (χ0) is 12.3. The number of carboxylic acids is 1. The molecule has 0 bridgehead atoms. The topological polar surface area (TPSA) is 114 Å². The monoisotopic (exact) mass is 253 g/mol. The molecular weight excluding hydrogens is 246 g/mol. The number of aliphatic carboxylic acids is 1. The highest BCUT2D eigenvalue weighted by atomic mass is 32.2. The summed E-state index contributed by atoms with van der Waals surface area (Å²) in [4.78, 5) is 29.5. The van der Waals surface area contributed by atoms with E-state index in [0.717, 1.165) is 11.8 Å². The molecule has 0 saturated carbocycles. The zero-order valence-corrected chi connectivity index (χ0v) is 9.22. The lowest BCUT2D eigenvalue weighted by Gasteiger charge is -2.02. The van der Waals surface area contributed by atoms with Gasteiger partial charge in [0.1, 0.15) is 6.33 Å². The van der Waals surface area contributed by atoms with Gasteiger partial charge in [0.05, 0.1) is 23.8 Å². The van der Waals surface area contributed by atoms with Crippen LogP contribution >= 0.6 is 11.8 Å². The first-order chi connectivity index (χ1) is 8.18. The number of thioether (sulfide) groups is 1. The van der Waals surface area contributed by atoms with Gasteiger partial charge in [0.2, 0.25) is 0 Å². The van der Waals surface area contributed by atoms with Crippen molar-refractivity contribution in [1.29, 1.82) is 0 Å². The van der Waals surface area contributed by atoms with Gasteiger partial charge < -0.3 is 5.11 Å². The Hall–Kier alpha value is -2.16. The van der Waals surface area contributed by atoms with Gasteiger partial charge >= 0.3 is 11.7 Å². The molecule has 0 atom stereocenters. The number of nitrogens with zero attached hydrogens (tertiary/aromatic N) is 4. The standard InChI is InChI=1S/C8H7N5O3S/c14-6(15)3-17-8-12-11-7(16)13(8)5-1-9-4-10-2-5/h1-2,4H,3H2,(H,11,16)(H,14,15). The molecule has 0 spiro atoms. The number of aromatic nitrogens is 5. The molecule has 9 heteroatoms. The van der Waals surface area contributed by atoms with Gasteiger partial charge in [-0.2, -0.15) is 0 Å². The van der Waals surface area contributed by atoms with Crippen LogP contribution < -0.4 is 5.69 Å². The quantitative estimate of drug-likeness (QED) is 0.708. The largest absolute Gasteiger partial charge is 0.481 e. The minimum absolute atomic E-state index is 0.183. The lowest BCUT2D eigenvalue weighted by Crippen LogP contribution is -2.16. The van der Waals surface area contributed by atoms with E-state index in [1.165, 1.54) is 23.3 Å². The molecule has 88 valence electrons. The number of carbonyl (C=O) groups is 1. The Morgan fingerprint density at radius 2 is 2.18 bits per heavy atom. The van der Waals surface area contributed by atoms with Crippen molar-refractivity contribution in [3.63, 3.8) is 0 Å². The number of hydrogen-bond acceptors (Lipinski definition) is 6. The van der Waals surface area contributed by atoms with Gasteiger partial charge in [-0.15, -0.1) is 5.10 Å². The molecule has 0 aliphatic rings. The second-order valence-corrected chi connectivity index (χ2v) is 3.87. The van der Waals surface area contributed by atoms with Crippen molar-refractivity contribution < 1.29 is 9.90 Å². The molecule has 2 aromatic heterocycles. The molecule has 0 aliphatic carbocycles. The van der Waals surface area contributed by atoms with Crippen LogP contribution in [0.3, 0.4) is 0 Å². The lowest BCUT2D eigenvalue weighted by atomic mass is 10.5. The highest BCUT2D eigenvalue weighted by Gasteiger charge is 2.12. The van der Waals surface area contributed by atoms with Gasteiger partial charge in [-0.25, -0.2) is 24.4 Å². The van der Waals surface area contributed by atoms with Gasteiger partial charge in [0.15, 0.2) is 5.16 Å². The first kappa shape index (κ1) is 11.3. The molecule has 0 fully saturated rings. The fraction of sp³-hybridized carbons (Fsp3) is 0.125. The van der Waals surface area contributed by atoms with Gasteiger partial charge in [-0.05, 0) is 0 Å². The lowest BCUT2D eigenvalue weighted by molar-refractivity contribution is -0.133. The molecule has 0 aromatic carbocycles. The molecule has 0 saturated heterocycles. The minimum Gasteiger partial charge on any atom is -0.481 e. The van der Waals surface area contributed by atoms with Crippen molar-refractivity contribution in [3.05, 3.63) is 29.2 Å². The highest BCUT2D eigenvalue weighted by Crippen LogP contribution is 2.15. The van der Waals surface area contributed by atoms with Crippen molar-refractivity contribution >= 4 is 17.7 Å². The molecule has 8 nitrogen and oxygen atoms in total. The molecule has 2 N–H and O–H groups in total. The van der Waals surface area contributed by atoms with Crippen LogP contribution in [0.4, 0.5) is 0 Å². The van der Waals surface area contributed by atoms with E-state index in [9.17, 15) is 9.59 Å². The summed E-state index contributed by atoms with van der Waals surface area (Å²) in [5.74, 6) is -1.17. The minimum atomic E-state index is -0.985. The molecule has 2 rings (SSSR count). The fourth-order valence-corrected chi connectivity index (χ4v) is 1.82. The fourth-order valence-electron chi connectivity index (χ4n) is 1.14. The maximum atomic E-state index is 11.5. The van der Waals surface area contributed by atoms with Crippen molar-refractivity contribution in [2.24, 2.45) is 0 Å². The number of hydrogen-bond donors (Lipinski definition) is 2. The summed E-state index contributed by atoms with van der Waals surface area (Å²) in [5, 5.41) is 14.8. The number of rotatable bonds is 4. The van der Waals surface area contributed by atoms with Crippen molar-refractivity contribution in [2.45, 2.75) is 5.16 Å². The predicted molar refractivity (Wildman–Crippen MR) is 58.1 cm³/mol. The number of H-pyrrole nitrogens is 1. The molecular formula is C8H7N5O3S. The normalized spacial score (nSPS) is 10.4. The van der Waals surface area contributed by atoms with E-state index in [2.05, 4.69) is 20.2 Å². The Labute approximate surface area is 98.7 Å². The summed E-state index contributed by atoms with van der Waals surface area (Å²) in [6, 6.07) is 0. The third-order valence-corrected chi connectivity index (χ3v) is 2.69. The molecule has 2 heterocycles. The molecule has 0 unspecified atom stereocenters. The summed E-state index contributed by atoms with van der Waals surface area (Å²) in [7, 11) is 0. The van der Waals surface area contributed by atoms with Gasteiger partial charge in [0.25, 0.3) is 0 Å². The van der Waals surface area contributed by atoms with E-state index < -0.39 is 11.7 Å². The Morgan fingerprint density at radius 3 is 2.82 bits per heavy atom. The van der Waals surface area contributed by atoms with Crippen LogP contribution in [0.1, 0.15) is 0 Å². The van der Waals surface area contributed by atoms with Gasteiger partial charge in [-0.1, -0.05) is 11.8 Å². The smallest absolute Gasteiger partial charge is 0.348 e. The van der Waals surface area contributed by atoms with Crippen molar-refractivity contribution in [1.82, 2.24) is 24.7 Å². The molecule has 0 radical (unpaired) electrons. The van der Waals surface area contributed by atoms with Crippen LogP contribution in [0.5, 0.6) is 0 Å². The van der Waals surface area contributed by atoms with Crippen LogP contribution in [0, 0.1) is 0 Å². The average molecular weight is 253 g/mol. The van der Waals surface area contributed by atoms with Crippen molar-refractivity contribution in [2.75, 3.05) is 5.75 Å². The van der Waals surface area contributed by atoms with Crippen LogP contribution in [0.25, 0.3) is 5.69 Å². The summed E-state index contributed by atoms with van der Waals surface area (Å²) >= 11 is 0.936. The SMILES string of the molecule is O=C(O)CSc1n[nH]c(=O)n1-c1cncnc1. The van der Waals surface area contributed by atoms with Gasteiger partial charge in [-0.3, -0.25) is 4.79 Å². The number of aromatic amines is 1. The third kappa shape index (κ3) is 2.50. The Morgan fingerprint density at radius 1 is 1.47 bits per heavy atom. The van der Waals surface area contributed by atoms with Gasteiger partial charge in [0, 0.05) is 0 Å². The Balaban J connectivity index is 2.37. The zero-order valence-electron chi connectivity index (χ0n) is 8.40. The Kier molecular flexibility index (Phi) is 3.19. The van der Waals surface area contributed by atoms with Crippen LogP contribution in [-0.2, 0) is 4.79 Å². The molecule has 0 aliphatic heterocycles. The molecule has 2 aromatic rings. The van der Waals surface area contributed by atoms with Crippen LogP contribution in [0.15, 0.2) is 28.7 Å². The Bertz CT molecular complexity index is 578. The van der Waals surface area contributed by atoms with E-state index in [4.69, 9.17) is 5.11 Å².